The summed E-state index contributed by atoms with van der Waals surface area (Å²) in [4.78, 5) is 19.6. The molecule has 0 saturated heterocycles. The van der Waals surface area contributed by atoms with Gasteiger partial charge in [0.15, 0.2) is 0 Å². The lowest BCUT2D eigenvalue weighted by Gasteiger charge is -2.25. The molecule has 0 aliphatic carbocycles. The number of thiazole rings is 1. The van der Waals surface area contributed by atoms with Crippen LogP contribution in [-0.2, 0) is 0 Å². The summed E-state index contributed by atoms with van der Waals surface area (Å²) in [7, 11) is 0. The van der Waals surface area contributed by atoms with Crippen LogP contribution in [0.3, 0.4) is 0 Å². The number of fused-ring (bicyclic) bond motifs is 3. The lowest BCUT2D eigenvalue weighted by Crippen LogP contribution is -2.31. The molecule has 0 unspecified atom stereocenters. The molecule has 2 aromatic rings. The van der Waals surface area contributed by atoms with Gasteiger partial charge in [0.2, 0.25) is 5.95 Å². The highest BCUT2D eigenvalue weighted by molar-refractivity contribution is 9.12. The Bertz CT molecular complexity index is 724. The molecular formula is C12H9BrN6S. The number of anilines is 3. The van der Waals surface area contributed by atoms with E-state index in [1.807, 2.05) is 12.3 Å². The van der Waals surface area contributed by atoms with Crippen molar-refractivity contribution in [1.29, 1.82) is 0 Å². The highest BCUT2D eigenvalue weighted by Crippen LogP contribution is 2.33. The van der Waals surface area contributed by atoms with E-state index in [-0.39, 0.29) is 0 Å². The van der Waals surface area contributed by atoms with Gasteiger partial charge in [-0.3, -0.25) is 9.98 Å². The van der Waals surface area contributed by atoms with Gasteiger partial charge < -0.3 is 10.2 Å². The number of rotatable bonds is 2. The van der Waals surface area contributed by atoms with Gasteiger partial charge in [-0.25, -0.2) is 4.98 Å². The van der Waals surface area contributed by atoms with E-state index in [1.54, 1.807) is 11.7 Å². The second-order valence-electron chi connectivity index (χ2n) is 4.31. The van der Waals surface area contributed by atoms with Gasteiger partial charge in [0.25, 0.3) is 0 Å². The van der Waals surface area contributed by atoms with Crippen LogP contribution in [0, 0.1) is 0 Å². The Morgan fingerprint density at radius 1 is 1.35 bits per heavy atom. The SMILES string of the molecule is BrC1=Cc2cnc(Nc3cncs3)nc2N2CCN=C12. The van der Waals surface area contributed by atoms with Gasteiger partial charge in [0.05, 0.1) is 22.7 Å². The van der Waals surface area contributed by atoms with E-state index in [1.165, 1.54) is 11.3 Å². The number of aromatic nitrogens is 3. The Balaban J connectivity index is 1.74. The Labute approximate surface area is 127 Å². The highest BCUT2D eigenvalue weighted by atomic mass is 79.9. The van der Waals surface area contributed by atoms with Crippen molar-refractivity contribution in [3.8, 4) is 0 Å². The minimum absolute atomic E-state index is 0.575. The summed E-state index contributed by atoms with van der Waals surface area (Å²) < 4.78 is 0.981. The van der Waals surface area contributed by atoms with Crippen LogP contribution in [0.5, 0.6) is 0 Å². The summed E-state index contributed by atoms with van der Waals surface area (Å²) >= 11 is 5.06. The average molecular weight is 349 g/mol. The third kappa shape index (κ3) is 1.92. The molecule has 6 nitrogen and oxygen atoms in total. The van der Waals surface area contributed by atoms with E-state index in [2.05, 4.69) is 46.1 Å². The molecule has 0 atom stereocenters. The predicted molar refractivity (Wildman–Crippen MR) is 84.0 cm³/mol. The zero-order chi connectivity index (χ0) is 13.5. The summed E-state index contributed by atoms with van der Waals surface area (Å²) in [6, 6.07) is 0. The molecule has 100 valence electrons. The number of halogens is 1. The van der Waals surface area contributed by atoms with Gasteiger partial charge in [-0.05, 0) is 22.0 Å². The first-order valence-electron chi connectivity index (χ1n) is 6.03. The van der Waals surface area contributed by atoms with Crippen LogP contribution in [0.1, 0.15) is 5.56 Å². The first kappa shape index (κ1) is 12.0. The number of aliphatic imine (C=N–C) groups is 1. The predicted octanol–water partition coefficient (Wildman–Crippen LogP) is 2.64. The molecular weight excluding hydrogens is 340 g/mol. The van der Waals surface area contributed by atoms with Crippen LogP contribution < -0.4 is 10.2 Å². The lowest BCUT2D eigenvalue weighted by atomic mass is 10.2. The fourth-order valence-corrected chi connectivity index (χ4v) is 3.30. The zero-order valence-electron chi connectivity index (χ0n) is 10.2. The molecule has 0 aromatic carbocycles. The van der Waals surface area contributed by atoms with Crippen molar-refractivity contribution < 1.29 is 0 Å². The van der Waals surface area contributed by atoms with E-state index in [0.29, 0.717) is 5.95 Å². The maximum Gasteiger partial charge on any atom is 0.229 e. The molecule has 4 rings (SSSR count). The van der Waals surface area contributed by atoms with Crippen LogP contribution >= 0.6 is 27.3 Å². The normalized spacial score (nSPS) is 16.4. The van der Waals surface area contributed by atoms with Crippen molar-refractivity contribution in [3.63, 3.8) is 0 Å². The topological polar surface area (TPSA) is 66.3 Å². The van der Waals surface area contributed by atoms with Gasteiger partial charge in [-0.15, -0.1) is 11.3 Å². The third-order valence-corrected chi connectivity index (χ3v) is 4.33. The van der Waals surface area contributed by atoms with E-state index in [9.17, 15) is 0 Å². The van der Waals surface area contributed by atoms with Gasteiger partial charge >= 0.3 is 0 Å². The van der Waals surface area contributed by atoms with E-state index < -0.39 is 0 Å². The highest BCUT2D eigenvalue weighted by Gasteiger charge is 2.28. The molecule has 20 heavy (non-hydrogen) atoms. The Morgan fingerprint density at radius 2 is 2.30 bits per heavy atom. The molecule has 1 N–H and O–H groups in total. The standard InChI is InChI=1S/C12H9BrN6S/c13-8-3-7-4-16-12(17-9-5-14-6-20-9)18-10(7)19-2-1-15-11(8)19/h3-6H,1-2H2,(H,16,17,18). The molecule has 0 amide bonds. The largest absolute Gasteiger partial charge is 0.314 e. The van der Waals surface area contributed by atoms with E-state index in [0.717, 1.165) is 39.8 Å². The first-order chi connectivity index (χ1) is 9.81. The van der Waals surface area contributed by atoms with Crippen molar-refractivity contribution in [1.82, 2.24) is 15.0 Å². The van der Waals surface area contributed by atoms with Crippen molar-refractivity contribution in [2.45, 2.75) is 0 Å². The van der Waals surface area contributed by atoms with Crippen LogP contribution in [-0.4, -0.2) is 33.9 Å². The molecule has 0 fully saturated rings. The number of hydrogen-bond donors (Lipinski definition) is 1. The average Bonchev–Trinajstić information content (AvgIpc) is 3.10. The fourth-order valence-electron chi connectivity index (χ4n) is 2.21. The monoisotopic (exact) mass is 348 g/mol. The number of hydrogen-bond acceptors (Lipinski definition) is 7. The zero-order valence-corrected chi connectivity index (χ0v) is 12.6. The third-order valence-electron chi connectivity index (χ3n) is 3.06. The summed E-state index contributed by atoms with van der Waals surface area (Å²) in [5.74, 6) is 2.41. The van der Waals surface area contributed by atoms with Gasteiger partial charge in [-0.2, -0.15) is 4.98 Å². The van der Waals surface area contributed by atoms with Crippen LogP contribution in [0.25, 0.3) is 6.08 Å². The summed E-state index contributed by atoms with van der Waals surface area (Å²) in [6.07, 6.45) is 5.58. The number of amidine groups is 1. The molecule has 0 radical (unpaired) electrons. The molecule has 2 aromatic heterocycles. The Morgan fingerprint density at radius 3 is 3.15 bits per heavy atom. The van der Waals surface area contributed by atoms with E-state index >= 15 is 0 Å². The smallest absolute Gasteiger partial charge is 0.229 e. The summed E-state index contributed by atoms with van der Waals surface area (Å²) in [5.41, 5.74) is 2.76. The molecule has 0 saturated carbocycles. The van der Waals surface area contributed by atoms with Crippen molar-refractivity contribution >= 4 is 55.9 Å². The van der Waals surface area contributed by atoms with Crippen LogP contribution in [0.4, 0.5) is 16.8 Å². The van der Waals surface area contributed by atoms with Gasteiger partial charge in [0.1, 0.15) is 16.7 Å². The summed E-state index contributed by atoms with van der Waals surface area (Å²) in [6.45, 7) is 1.64. The maximum atomic E-state index is 4.60. The summed E-state index contributed by atoms with van der Waals surface area (Å²) in [5, 5.41) is 4.08. The molecule has 0 bridgehead atoms. The first-order valence-corrected chi connectivity index (χ1v) is 7.70. The van der Waals surface area contributed by atoms with Gasteiger partial charge in [0, 0.05) is 18.3 Å². The van der Waals surface area contributed by atoms with Crippen molar-refractivity contribution in [2.75, 3.05) is 23.3 Å². The maximum absolute atomic E-state index is 4.60. The van der Waals surface area contributed by atoms with Crippen molar-refractivity contribution in [3.05, 3.63) is 28.0 Å². The molecule has 8 heteroatoms. The number of nitrogens with zero attached hydrogens (tertiary/aromatic N) is 5. The second kappa shape index (κ2) is 4.64. The molecule has 0 spiro atoms. The molecule has 2 aliphatic rings. The van der Waals surface area contributed by atoms with Crippen LogP contribution in [0.15, 0.2) is 27.4 Å². The quantitative estimate of drug-likeness (QED) is 0.903. The van der Waals surface area contributed by atoms with Gasteiger partial charge in [-0.1, -0.05) is 0 Å². The molecule has 4 heterocycles. The Kier molecular flexibility index (Phi) is 2.78. The Hall–Kier alpha value is -1.80. The minimum Gasteiger partial charge on any atom is -0.314 e. The second-order valence-corrected chi connectivity index (χ2v) is 6.05. The van der Waals surface area contributed by atoms with Crippen LogP contribution in [0.2, 0.25) is 0 Å². The fraction of sp³-hybridized carbons (Fsp3) is 0.167. The lowest BCUT2D eigenvalue weighted by molar-refractivity contribution is 0.986. The van der Waals surface area contributed by atoms with Crippen molar-refractivity contribution in [2.24, 2.45) is 4.99 Å². The minimum atomic E-state index is 0.575. The molecule has 2 aliphatic heterocycles. The van der Waals surface area contributed by atoms with E-state index in [4.69, 9.17) is 0 Å². The number of nitrogens with one attached hydrogen (secondary N) is 1.